The Labute approximate surface area is 119 Å². The van der Waals surface area contributed by atoms with Crippen molar-refractivity contribution in [1.82, 2.24) is 9.97 Å². The van der Waals surface area contributed by atoms with Gasteiger partial charge in [-0.2, -0.15) is 0 Å². The summed E-state index contributed by atoms with van der Waals surface area (Å²) in [5, 5.41) is 10.3. The average Bonchev–Trinajstić information content (AvgIpc) is 2.31. The van der Waals surface area contributed by atoms with Crippen LogP contribution in [0.4, 0.5) is 5.82 Å². The van der Waals surface area contributed by atoms with E-state index in [1.807, 2.05) is 18.7 Å². The molecule has 1 aromatic rings. The number of likely N-dealkylation sites (N-methyl/N-ethyl adjacent to an activating group) is 1. The van der Waals surface area contributed by atoms with E-state index < -0.39 is 5.60 Å². The van der Waals surface area contributed by atoms with Crippen molar-refractivity contribution in [2.45, 2.75) is 39.9 Å². The van der Waals surface area contributed by atoms with Gasteiger partial charge in [0.25, 0.3) is 0 Å². The predicted molar refractivity (Wildman–Crippen MR) is 76.6 cm³/mol. The van der Waals surface area contributed by atoms with Crippen LogP contribution < -0.4 is 4.90 Å². The second kappa shape index (κ2) is 7.03. The lowest BCUT2D eigenvalue weighted by molar-refractivity contribution is 0.0873. The summed E-state index contributed by atoms with van der Waals surface area (Å²) in [6.45, 7) is 9.59. The summed E-state index contributed by atoms with van der Waals surface area (Å²) >= 11 is 6.01. The number of aliphatic hydroxyl groups is 1. The molecule has 108 valence electrons. The first-order valence-corrected chi connectivity index (χ1v) is 6.82. The Morgan fingerprint density at radius 3 is 2.58 bits per heavy atom. The molecule has 1 rings (SSSR count). The molecule has 0 saturated carbocycles. The molecule has 0 aliphatic rings. The standard InChI is InChI=1S/C13H22ClN3O2/c1-5-17(9-13(3,4)18)12-7-10(14)15-11(16-12)8-19-6-2/h7,18H,5-6,8-9H2,1-4H3. The van der Waals surface area contributed by atoms with Crippen LogP contribution in [0.25, 0.3) is 0 Å². The summed E-state index contributed by atoms with van der Waals surface area (Å²) in [5.74, 6) is 1.26. The summed E-state index contributed by atoms with van der Waals surface area (Å²) < 4.78 is 5.29. The van der Waals surface area contributed by atoms with Crippen molar-refractivity contribution in [2.75, 3.05) is 24.6 Å². The molecule has 6 heteroatoms. The summed E-state index contributed by atoms with van der Waals surface area (Å²) in [7, 11) is 0. The zero-order valence-corrected chi connectivity index (χ0v) is 12.7. The van der Waals surface area contributed by atoms with Gasteiger partial charge in [-0.1, -0.05) is 11.6 Å². The molecule has 19 heavy (non-hydrogen) atoms. The number of anilines is 1. The summed E-state index contributed by atoms with van der Waals surface area (Å²) in [4.78, 5) is 10.5. The van der Waals surface area contributed by atoms with Gasteiger partial charge in [-0.15, -0.1) is 0 Å². The summed E-state index contributed by atoms with van der Waals surface area (Å²) in [5.41, 5.74) is -0.798. The average molecular weight is 288 g/mol. The van der Waals surface area contributed by atoms with Gasteiger partial charge in [0.1, 0.15) is 17.6 Å². The van der Waals surface area contributed by atoms with E-state index in [1.165, 1.54) is 0 Å². The molecule has 0 radical (unpaired) electrons. The molecule has 1 N–H and O–H groups in total. The maximum atomic E-state index is 9.92. The van der Waals surface area contributed by atoms with Crippen molar-refractivity contribution in [3.05, 3.63) is 17.0 Å². The van der Waals surface area contributed by atoms with Crippen LogP contribution in [-0.4, -0.2) is 40.4 Å². The minimum Gasteiger partial charge on any atom is -0.389 e. The lowest BCUT2D eigenvalue weighted by Crippen LogP contribution is -2.39. The maximum absolute atomic E-state index is 9.92. The number of nitrogens with zero attached hydrogens (tertiary/aromatic N) is 3. The number of halogens is 1. The number of hydrogen-bond acceptors (Lipinski definition) is 5. The zero-order chi connectivity index (χ0) is 14.5. The van der Waals surface area contributed by atoms with Crippen LogP contribution in [0, 0.1) is 0 Å². The normalized spacial score (nSPS) is 11.7. The van der Waals surface area contributed by atoms with Crippen LogP contribution in [0.3, 0.4) is 0 Å². The molecule has 0 bridgehead atoms. The quantitative estimate of drug-likeness (QED) is 0.780. The molecule has 0 saturated heterocycles. The molecule has 0 spiro atoms. The molecule has 0 unspecified atom stereocenters. The fourth-order valence-corrected chi connectivity index (χ4v) is 1.89. The lowest BCUT2D eigenvalue weighted by Gasteiger charge is -2.29. The fraction of sp³-hybridized carbons (Fsp3) is 0.692. The minimum absolute atomic E-state index is 0.337. The van der Waals surface area contributed by atoms with Gasteiger partial charge >= 0.3 is 0 Å². The molecule has 0 amide bonds. The van der Waals surface area contributed by atoms with Crippen molar-refractivity contribution in [3.8, 4) is 0 Å². The molecule has 1 aromatic heterocycles. The molecule has 5 nitrogen and oxygen atoms in total. The lowest BCUT2D eigenvalue weighted by atomic mass is 10.1. The van der Waals surface area contributed by atoms with Crippen LogP contribution in [-0.2, 0) is 11.3 Å². The summed E-state index contributed by atoms with van der Waals surface area (Å²) in [6, 6.07) is 1.70. The molecule has 0 fully saturated rings. The molecular weight excluding hydrogens is 266 g/mol. The van der Waals surface area contributed by atoms with E-state index >= 15 is 0 Å². The third-order valence-corrected chi connectivity index (χ3v) is 2.64. The molecule has 1 heterocycles. The van der Waals surface area contributed by atoms with Gasteiger partial charge in [-0.3, -0.25) is 0 Å². The topological polar surface area (TPSA) is 58.5 Å². The minimum atomic E-state index is -0.798. The third kappa shape index (κ3) is 5.72. The third-order valence-electron chi connectivity index (χ3n) is 2.45. The van der Waals surface area contributed by atoms with Gasteiger partial charge in [-0.25, -0.2) is 9.97 Å². The molecule has 0 atom stereocenters. The van der Waals surface area contributed by atoms with Crippen LogP contribution in [0.1, 0.15) is 33.5 Å². The fourth-order valence-electron chi connectivity index (χ4n) is 1.69. The van der Waals surface area contributed by atoms with E-state index in [-0.39, 0.29) is 0 Å². The van der Waals surface area contributed by atoms with Gasteiger partial charge in [0.2, 0.25) is 0 Å². The second-order valence-corrected chi connectivity index (χ2v) is 5.32. The highest BCUT2D eigenvalue weighted by Gasteiger charge is 2.19. The van der Waals surface area contributed by atoms with E-state index in [1.54, 1.807) is 19.9 Å². The molecule has 0 aliphatic heterocycles. The first-order chi connectivity index (χ1) is 8.85. The highest BCUT2D eigenvalue weighted by molar-refractivity contribution is 6.29. The van der Waals surface area contributed by atoms with Crippen LogP contribution in [0.15, 0.2) is 6.07 Å². The Morgan fingerprint density at radius 2 is 2.05 bits per heavy atom. The van der Waals surface area contributed by atoms with Crippen LogP contribution >= 0.6 is 11.6 Å². The smallest absolute Gasteiger partial charge is 0.158 e. The second-order valence-electron chi connectivity index (χ2n) is 4.93. The van der Waals surface area contributed by atoms with Gasteiger partial charge in [0, 0.05) is 25.8 Å². The number of aromatic nitrogens is 2. The number of ether oxygens (including phenoxy) is 1. The molecule has 0 aliphatic carbocycles. The van der Waals surface area contributed by atoms with Gasteiger partial charge < -0.3 is 14.7 Å². The van der Waals surface area contributed by atoms with E-state index in [9.17, 15) is 5.11 Å². The Bertz CT molecular complexity index is 407. The summed E-state index contributed by atoms with van der Waals surface area (Å²) in [6.07, 6.45) is 0. The largest absolute Gasteiger partial charge is 0.389 e. The first-order valence-electron chi connectivity index (χ1n) is 6.44. The maximum Gasteiger partial charge on any atom is 0.158 e. The number of rotatable bonds is 7. The van der Waals surface area contributed by atoms with Crippen molar-refractivity contribution in [3.63, 3.8) is 0 Å². The monoisotopic (exact) mass is 287 g/mol. The van der Waals surface area contributed by atoms with Gasteiger partial charge in [0.05, 0.1) is 5.60 Å². The van der Waals surface area contributed by atoms with Crippen molar-refractivity contribution >= 4 is 17.4 Å². The van der Waals surface area contributed by atoms with Crippen molar-refractivity contribution in [2.24, 2.45) is 0 Å². The van der Waals surface area contributed by atoms with Gasteiger partial charge in [0.15, 0.2) is 5.82 Å². The van der Waals surface area contributed by atoms with E-state index in [2.05, 4.69) is 9.97 Å². The zero-order valence-electron chi connectivity index (χ0n) is 12.0. The molecule has 0 aromatic carbocycles. The highest BCUT2D eigenvalue weighted by Crippen LogP contribution is 2.18. The first kappa shape index (κ1) is 16.1. The van der Waals surface area contributed by atoms with Crippen LogP contribution in [0.5, 0.6) is 0 Å². The predicted octanol–water partition coefficient (Wildman–Crippen LogP) is 2.26. The van der Waals surface area contributed by atoms with E-state index in [0.29, 0.717) is 36.6 Å². The van der Waals surface area contributed by atoms with Crippen LogP contribution in [0.2, 0.25) is 5.15 Å². The van der Waals surface area contributed by atoms with E-state index in [0.717, 1.165) is 6.54 Å². The Kier molecular flexibility index (Phi) is 5.97. The van der Waals surface area contributed by atoms with E-state index in [4.69, 9.17) is 16.3 Å². The Morgan fingerprint density at radius 1 is 1.37 bits per heavy atom. The van der Waals surface area contributed by atoms with Gasteiger partial charge in [-0.05, 0) is 27.7 Å². The SMILES string of the molecule is CCOCc1nc(Cl)cc(N(CC)CC(C)(C)O)n1. The Hall–Kier alpha value is -0.910. The van der Waals surface area contributed by atoms with Crippen molar-refractivity contribution in [1.29, 1.82) is 0 Å². The Balaban J connectivity index is 2.93. The molecular formula is C13H22ClN3O2. The highest BCUT2D eigenvalue weighted by atomic mass is 35.5. The number of hydrogen-bond donors (Lipinski definition) is 1. The van der Waals surface area contributed by atoms with Crippen molar-refractivity contribution < 1.29 is 9.84 Å².